The highest BCUT2D eigenvalue weighted by Gasteiger charge is 2.30. The highest BCUT2D eigenvalue weighted by atomic mass is 32.2. The zero-order chi connectivity index (χ0) is 23.1. The number of halogens is 3. The van der Waals surface area contributed by atoms with E-state index in [0.717, 1.165) is 29.5 Å². The number of carbonyl (C=O) groups excluding carboxylic acids is 1. The summed E-state index contributed by atoms with van der Waals surface area (Å²) in [4.78, 5) is 12.3. The van der Waals surface area contributed by atoms with E-state index in [9.17, 15) is 18.0 Å². The lowest BCUT2D eigenvalue weighted by Gasteiger charge is -2.12. The van der Waals surface area contributed by atoms with Gasteiger partial charge in [-0.15, -0.1) is 16.8 Å². The van der Waals surface area contributed by atoms with Gasteiger partial charge in [-0.2, -0.15) is 13.2 Å². The molecule has 3 rings (SSSR count). The van der Waals surface area contributed by atoms with Gasteiger partial charge in [0.05, 0.1) is 23.5 Å². The molecule has 0 aliphatic heterocycles. The van der Waals surface area contributed by atoms with E-state index < -0.39 is 17.6 Å². The summed E-state index contributed by atoms with van der Waals surface area (Å²) in [6.45, 7) is 6.54. The lowest BCUT2D eigenvalue weighted by atomic mass is 10.2. The van der Waals surface area contributed by atoms with Crippen molar-refractivity contribution in [1.82, 2.24) is 14.8 Å². The van der Waals surface area contributed by atoms with Gasteiger partial charge in [-0.3, -0.25) is 9.36 Å². The van der Waals surface area contributed by atoms with Gasteiger partial charge in [0.1, 0.15) is 5.75 Å². The molecule has 0 saturated heterocycles. The van der Waals surface area contributed by atoms with Gasteiger partial charge in [0.25, 0.3) is 0 Å². The second-order valence-electron chi connectivity index (χ2n) is 6.55. The average molecular weight is 462 g/mol. The third-order valence-electron chi connectivity index (χ3n) is 4.26. The Bertz CT molecular complexity index is 1100. The van der Waals surface area contributed by atoms with E-state index in [2.05, 4.69) is 22.1 Å². The van der Waals surface area contributed by atoms with Gasteiger partial charge in [-0.25, -0.2) is 0 Å². The molecule has 1 heterocycles. The van der Waals surface area contributed by atoms with Crippen LogP contribution in [0.1, 0.15) is 12.5 Å². The minimum absolute atomic E-state index is 0.0569. The highest BCUT2D eigenvalue weighted by molar-refractivity contribution is 7.99. The molecule has 0 fully saturated rings. The van der Waals surface area contributed by atoms with Crippen LogP contribution in [0.3, 0.4) is 0 Å². The Labute approximate surface area is 187 Å². The lowest BCUT2D eigenvalue weighted by molar-refractivity contribution is -0.137. The van der Waals surface area contributed by atoms with Crippen LogP contribution in [-0.4, -0.2) is 33.0 Å². The van der Waals surface area contributed by atoms with Crippen LogP contribution in [0.15, 0.2) is 66.3 Å². The van der Waals surface area contributed by atoms with Crippen molar-refractivity contribution in [3.8, 4) is 17.1 Å². The molecule has 6 nitrogen and oxygen atoms in total. The first-order valence-electron chi connectivity index (χ1n) is 9.69. The molecular weight excluding hydrogens is 441 g/mol. The number of amides is 1. The molecule has 1 aromatic heterocycles. The maximum atomic E-state index is 12.9. The molecule has 0 saturated carbocycles. The van der Waals surface area contributed by atoms with E-state index in [1.54, 1.807) is 10.6 Å². The molecule has 168 valence electrons. The first kappa shape index (κ1) is 23.4. The van der Waals surface area contributed by atoms with E-state index in [0.29, 0.717) is 29.9 Å². The smallest absolute Gasteiger partial charge is 0.416 e. The number of thioether (sulfide) groups is 1. The van der Waals surface area contributed by atoms with Gasteiger partial charge in [0.2, 0.25) is 5.91 Å². The number of nitrogens with zero attached hydrogens (tertiary/aromatic N) is 3. The number of hydrogen-bond acceptors (Lipinski definition) is 5. The molecule has 0 aliphatic carbocycles. The fraction of sp³-hybridized carbons (Fsp3) is 0.227. The highest BCUT2D eigenvalue weighted by Crippen LogP contribution is 2.32. The Morgan fingerprint density at radius 2 is 2.00 bits per heavy atom. The van der Waals surface area contributed by atoms with E-state index >= 15 is 0 Å². The van der Waals surface area contributed by atoms with Gasteiger partial charge in [-0.05, 0) is 37.3 Å². The van der Waals surface area contributed by atoms with E-state index in [-0.39, 0.29) is 11.4 Å². The maximum Gasteiger partial charge on any atom is 0.416 e. The zero-order valence-electron chi connectivity index (χ0n) is 17.2. The van der Waals surface area contributed by atoms with Gasteiger partial charge in [-0.1, -0.05) is 36.0 Å². The standard InChI is InChI=1S/C22H21F3N4O2S/c1-3-12-29-20(17-10-5-6-11-18(17)31-4-2)27-28-21(29)32-14-19(30)26-16-9-7-8-15(13-16)22(23,24)25/h3,5-11,13H,1,4,12,14H2,2H3,(H,26,30). The molecule has 0 atom stereocenters. The molecule has 1 amide bonds. The summed E-state index contributed by atoms with van der Waals surface area (Å²) in [5.74, 6) is 0.707. The number of para-hydroxylation sites is 1. The average Bonchev–Trinajstić information content (AvgIpc) is 3.15. The van der Waals surface area contributed by atoms with E-state index in [1.807, 2.05) is 31.2 Å². The topological polar surface area (TPSA) is 69.0 Å². The van der Waals surface area contributed by atoms with Crippen molar-refractivity contribution < 1.29 is 22.7 Å². The lowest BCUT2D eigenvalue weighted by Crippen LogP contribution is -2.15. The monoisotopic (exact) mass is 462 g/mol. The Morgan fingerprint density at radius 1 is 1.22 bits per heavy atom. The molecule has 3 aromatic rings. The molecule has 1 N–H and O–H groups in total. The summed E-state index contributed by atoms with van der Waals surface area (Å²) in [5.41, 5.74) is -0.000402. The molecular formula is C22H21F3N4O2S. The summed E-state index contributed by atoms with van der Waals surface area (Å²) >= 11 is 1.13. The van der Waals surface area contributed by atoms with Gasteiger partial charge in [0.15, 0.2) is 11.0 Å². The molecule has 0 radical (unpaired) electrons. The number of hydrogen-bond donors (Lipinski definition) is 1. The van der Waals surface area contributed by atoms with Crippen molar-refractivity contribution in [2.45, 2.75) is 24.8 Å². The normalized spacial score (nSPS) is 11.2. The summed E-state index contributed by atoms with van der Waals surface area (Å²) in [6.07, 6.45) is -2.80. The molecule has 0 spiro atoms. The first-order valence-corrected chi connectivity index (χ1v) is 10.7. The van der Waals surface area contributed by atoms with Crippen molar-refractivity contribution in [3.63, 3.8) is 0 Å². The van der Waals surface area contributed by atoms with Gasteiger partial charge >= 0.3 is 6.18 Å². The number of carbonyl (C=O) groups is 1. The molecule has 32 heavy (non-hydrogen) atoms. The van der Waals surface area contributed by atoms with Gasteiger partial charge < -0.3 is 10.1 Å². The Balaban J connectivity index is 1.75. The van der Waals surface area contributed by atoms with Crippen LogP contribution in [-0.2, 0) is 17.5 Å². The minimum atomic E-state index is -4.48. The Morgan fingerprint density at radius 3 is 2.72 bits per heavy atom. The summed E-state index contributed by atoms with van der Waals surface area (Å²) in [6, 6.07) is 11.9. The number of rotatable bonds is 9. The minimum Gasteiger partial charge on any atom is -0.493 e. The largest absolute Gasteiger partial charge is 0.493 e. The predicted molar refractivity (Wildman–Crippen MR) is 118 cm³/mol. The van der Waals surface area contributed by atoms with Crippen LogP contribution in [0.25, 0.3) is 11.4 Å². The quantitative estimate of drug-likeness (QED) is 0.346. The van der Waals surface area contributed by atoms with Crippen LogP contribution in [0.4, 0.5) is 18.9 Å². The summed E-state index contributed by atoms with van der Waals surface area (Å²) in [5, 5.41) is 11.4. The van der Waals surface area contributed by atoms with E-state index in [1.165, 1.54) is 12.1 Å². The number of ether oxygens (including phenoxy) is 1. The zero-order valence-corrected chi connectivity index (χ0v) is 18.0. The van der Waals surface area contributed by atoms with Crippen LogP contribution in [0.5, 0.6) is 5.75 Å². The second kappa shape index (κ2) is 10.4. The van der Waals surface area contributed by atoms with Crippen molar-refractivity contribution in [3.05, 3.63) is 66.7 Å². The number of allylic oxidation sites excluding steroid dienone is 1. The molecule has 2 aromatic carbocycles. The van der Waals surface area contributed by atoms with Crippen molar-refractivity contribution in [2.75, 3.05) is 17.7 Å². The fourth-order valence-corrected chi connectivity index (χ4v) is 3.67. The predicted octanol–water partition coefficient (Wildman–Crippen LogP) is 5.28. The van der Waals surface area contributed by atoms with Crippen molar-refractivity contribution in [2.24, 2.45) is 0 Å². The van der Waals surface area contributed by atoms with Crippen LogP contribution in [0.2, 0.25) is 0 Å². The van der Waals surface area contributed by atoms with Crippen LogP contribution in [0, 0.1) is 0 Å². The summed E-state index contributed by atoms with van der Waals surface area (Å²) < 4.78 is 46.0. The Kier molecular flexibility index (Phi) is 7.57. The number of benzene rings is 2. The van der Waals surface area contributed by atoms with Crippen LogP contribution >= 0.6 is 11.8 Å². The molecule has 0 unspecified atom stereocenters. The molecule has 0 aliphatic rings. The maximum absolute atomic E-state index is 12.9. The SMILES string of the molecule is C=CCn1c(SCC(=O)Nc2cccc(C(F)(F)F)c2)nnc1-c1ccccc1OCC. The fourth-order valence-electron chi connectivity index (χ4n) is 2.92. The number of aromatic nitrogens is 3. The van der Waals surface area contributed by atoms with Gasteiger partial charge in [0, 0.05) is 12.2 Å². The third-order valence-corrected chi connectivity index (χ3v) is 5.23. The van der Waals surface area contributed by atoms with Crippen molar-refractivity contribution in [1.29, 1.82) is 0 Å². The molecule has 0 bridgehead atoms. The first-order chi connectivity index (χ1) is 15.3. The Hall–Kier alpha value is -3.27. The van der Waals surface area contributed by atoms with Crippen LogP contribution < -0.4 is 10.1 Å². The number of alkyl halides is 3. The number of anilines is 1. The van der Waals surface area contributed by atoms with E-state index in [4.69, 9.17) is 4.74 Å². The third kappa shape index (κ3) is 5.70. The second-order valence-corrected chi connectivity index (χ2v) is 7.49. The number of nitrogens with one attached hydrogen (secondary N) is 1. The molecule has 10 heteroatoms. The summed E-state index contributed by atoms with van der Waals surface area (Å²) in [7, 11) is 0. The van der Waals surface area contributed by atoms with Crippen molar-refractivity contribution >= 4 is 23.4 Å².